The topological polar surface area (TPSA) is 52.7 Å². The van der Waals surface area contributed by atoms with Crippen molar-refractivity contribution in [3.63, 3.8) is 0 Å². The number of rotatable bonds is 6. The van der Waals surface area contributed by atoms with Crippen molar-refractivity contribution in [3.05, 3.63) is 70.5 Å². The Kier molecular flexibility index (Phi) is 7.01. The highest BCUT2D eigenvalue weighted by atomic mass is 35.5. The Hall–Kier alpha value is -2.44. The van der Waals surface area contributed by atoms with Crippen molar-refractivity contribution in [1.82, 2.24) is 15.1 Å². The summed E-state index contributed by atoms with van der Waals surface area (Å²) in [6, 6.07) is 13.4. The molecule has 1 aliphatic rings. The Morgan fingerprint density at radius 3 is 2.18 bits per heavy atom. The van der Waals surface area contributed by atoms with E-state index in [0.717, 1.165) is 11.1 Å². The number of amides is 2. The minimum Gasteiger partial charge on any atom is -0.351 e. The molecule has 7 heteroatoms. The van der Waals surface area contributed by atoms with Gasteiger partial charge >= 0.3 is 0 Å². The van der Waals surface area contributed by atoms with Crippen molar-refractivity contribution < 1.29 is 14.0 Å². The lowest BCUT2D eigenvalue weighted by molar-refractivity contribution is -0.132. The zero-order valence-corrected chi connectivity index (χ0v) is 16.3. The van der Waals surface area contributed by atoms with Crippen molar-refractivity contribution in [1.29, 1.82) is 0 Å². The van der Waals surface area contributed by atoms with Gasteiger partial charge in [0, 0.05) is 37.7 Å². The van der Waals surface area contributed by atoms with Gasteiger partial charge in [0.15, 0.2) is 0 Å². The summed E-state index contributed by atoms with van der Waals surface area (Å²) in [4.78, 5) is 28.4. The Bertz CT molecular complexity index is 803. The van der Waals surface area contributed by atoms with Crippen molar-refractivity contribution in [3.8, 4) is 0 Å². The van der Waals surface area contributed by atoms with Gasteiger partial charge in [0.2, 0.25) is 11.8 Å². The van der Waals surface area contributed by atoms with E-state index in [1.165, 1.54) is 12.1 Å². The number of nitrogens with one attached hydrogen (secondary N) is 1. The number of nitrogens with zero attached hydrogens (tertiary/aromatic N) is 2. The van der Waals surface area contributed by atoms with Gasteiger partial charge in [0.05, 0.1) is 13.0 Å². The van der Waals surface area contributed by atoms with Crippen LogP contribution in [0.2, 0.25) is 5.02 Å². The number of hydrogen-bond donors (Lipinski definition) is 1. The number of benzene rings is 2. The summed E-state index contributed by atoms with van der Waals surface area (Å²) in [5.41, 5.74) is 1.80. The van der Waals surface area contributed by atoms with Crippen LogP contribution in [0.15, 0.2) is 48.5 Å². The van der Waals surface area contributed by atoms with E-state index in [1.807, 2.05) is 17.0 Å². The number of carbonyl (C=O) groups is 2. The zero-order valence-electron chi connectivity index (χ0n) is 15.5. The second-order valence-corrected chi connectivity index (χ2v) is 7.30. The minimum atomic E-state index is -0.306. The number of hydrogen-bond acceptors (Lipinski definition) is 3. The Balaban J connectivity index is 1.38. The molecule has 1 saturated heterocycles. The first-order valence-corrected chi connectivity index (χ1v) is 9.63. The third-order valence-corrected chi connectivity index (χ3v) is 5.02. The van der Waals surface area contributed by atoms with Crippen LogP contribution in [-0.2, 0) is 22.6 Å². The van der Waals surface area contributed by atoms with E-state index in [0.29, 0.717) is 44.3 Å². The number of carbonyl (C=O) groups excluding carboxylic acids is 2. The van der Waals surface area contributed by atoms with Gasteiger partial charge in [-0.15, -0.1) is 0 Å². The van der Waals surface area contributed by atoms with Crippen LogP contribution in [0, 0.1) is 5.82 Å². The van der Waals surface area contributed by atoms with Crippen LogP contribution < -0.4 is 5.32 Å². The van der Waals surface area contributed by atoms with Gasteiger partial charge in [-0.3, -0.25) is 14.5 Å². The van der Waals surface area contributed by atoms with Crippen LogP contribution in [0.25, 0.3) is 0 Å². The largest absolute Gasteiger partial charge is 0.351 e. The van der Waals surface area contributed by atoms with E-state index < -0.39 is 0 Å². The Morgan fingerprint density at radius 2 is 1.54 bits per heavy atom. The molecule has 0 radical (unpaired) electrons. The molecule has 1 N–H and O–H groups in total. The minimum absolute atomic E-state index is 0.0263. The molecule has 0 unspecified atom stereocenters. The lowest BCUT2D eigenvalue weighted by Gasteiger charge is -2.34. The van der Waals surface area contributed by atoms with Gasteiger partial charge in [0.25, 0.3) is 0 Å². The monoisotopic (exact) mass is 403 g/mol. The first-order chi connectivity index (χ1) is 13.5. The van der Waals surface area contributed by atoms with Gasteiger partial charge < -0.3 is 10.2 Å². The molecule has 0 aliphatic carbocycles. The average molecular weight is 404 g/mol. The lowest BCUT2D eigenvalue weighted by atomic mass is 10.1. The van der Waals surface area contributed by atoms with E-state index >= 15 is 0 Å². The molecule has 5 nitrogen and oxygen atoms in total. The van der Waals surface area contributed by atoms with Crippen molar-refractivity contribution in [2.24, 2.45) is 0 Å². The molecule has 1 fully saturated rings. The third-order valence-electron chi connectivity index (χ3n) is 4.76. The number of halogens is 2. The summed E-state index contributed by atoms with van der Waals surface area (Å²) in [6.07, 6.45) is 0.266. The molecule has 0 atom stereocenters. The molecule has 1 heterocycles. The van der Waals surface area contributed by atoms with Crippen LogP contribution in [0.5, 0.6) is 0 Å². The maximum absolute atomic E-state index is 13.0. The summed E-state index contributed by atoms with van der Waals surface area (Å²) >= 11 is 5.85. The quantitative estimate of drug-likeness (QED) is 0.806. The molecule has 0 spiro atoms. The molecule has 2 amide bonds. The van der Waals surface area contributed by atoms with Crippen LogP contribution in [0.1, 0.15) is 11.1 Å². The van der Waals surface area contributed by atoms with E-state index in [9.17, 15) is 14.0 Å². The van der Waals surface area contributed by atoms with Crippen LogP contribution in [0.3, 0.4) is 0 Å². The number of piperazine rings is 1. The van der Waals surface area contributed by atoms with Gasteiger partial charge in [-0.05, 0) is 35.4 Å². The molecular formula is C21H23ClFN3O2. The maximum Gasteiger partial charge on any atom is 0.234 e. The molecule has 2 aromatic rings. The molecule has 28 heavy (non-hydrogen) atoms. The summed E-state index contributed by atoms with van der Waals surface area (Å²) in [6.45, 7) is 3.27. The zero-order chi connectivity index (χ0) is 19.9. The van der Waals surface area contributed by atoms with Crippen molar-refractivity contribution in [2.45, 2.75) is 13.0 Å². The fourth-order valence-corrected chi connectivity index (χ4v) is 3.23. The fraction of sp³-hybridized carbons (Fsp3) is 0.333. The normalized spacial score (nSPS) is 14.7. The second kappa shape index (κ2) is 9.66. The standard InChI is InChI=1S/C21H23ClFN3O2/c22-18-5-1-17(2-6-18)14-24-20(27)15-25-9-11-26(12-10-25)21(28)13-16-3-7-19(23)8-4-16/h1-8H,9-15H2,(H,24,27). The molecule has 0 aromatic heterocycles. The SMILES string of the molecule is O=C(CN1CCN(C(=O)Cc2ccc(F)cc2)CC1)NCc1ccc(Cl)cc1. The molecule has 2 aromatic carbocycles. The Morgan fingerprint density at radius 1 is 0.929 bits per heavy atom. The van der Waals surface area contributed by atoms with Gasteiger partial charge in [-0.2, -0.15) is 0 Å². The maximum atomic E-state index is 13.0. The molecule has 1 aliphatic heterocycles. The van der Waals surface area contributed by atoms with E-state index in [2.05, 4.69) is 5.32 Å². The summed E-state index contributed by atoms with van der Waals surface area (Å²) in [5, 5.41) is 3.57. The van der Waals surface area contributed by atoms with Gasteiger partial charge in [-0.1, -0.05) is 35.9 Å². The van der Waals surface area contributed by atoms with Gasteiger partial charge in [-0.25, -0.2) is 4.39 Å². The molecule has 3 rings (SSSR count). The molecule has 148 valence electrons. The molecule has 0 bridgehead atoms. The first kappa shape index (κ1) is 20.3. The summed E-state index contributed by atoms with van der Waals surface area (Å²) in [7, 11) is 0. The highest BCUT2D eigenvalue weighted by molar-refractivity contribution is 6.30. The summed E-state index contributed by atoms with van der Waals surface area (Å²) in [5.74, 6) is -0.321. The van der Waals surface area contributed by atoms with Crippen LogP contribution in [-0.4, -0.2) is 54.3 Å². The van der Waals surface area contributed by atoms with E-state index in [4.69, 9.17) is 11.6 Å². The smallest absolute Gasteiger partial charge is 0.234 e. The predicted molar refractivity (Wildman–Crippen MR) is 106 cm³/mol. The van der Waals surface area contributed by atoms with E-state index in [1.54, 1.807) is 29.2 Å². The fourth-order valence-electron chi connectivity index (χ4n) is 3.11. The average Bonchev–Trinajstić information content (AvgIpc) is 2.70. The van der Waals surface area contributed by atoms with Crippen molar-refractivity contribution in [2.75, 3.05) is 32.7 Å². The van der Waals surface area contributed by atoms with Gasteiger partial charge in [0.1, 0.15) is 5.82 Å². The van der Waals surface area contributed by atoms with E-state index in [-0.39, 0.29) is 24.1 Å². The summed E-state index contributed by atoms with van der Waals surface area (Å²) < 4.78 is 13.0. The highest BCUT2D eigenvalue weighted by Crippen LogP contribution is 2.10. The van der Waals surface area contributed by atoms with Crippen molar-refractivity contribution >= 4 is 23.4 Å². The highest BCUT2D eigenvalue weighted by Gasteiger charge is 2.22. The first-order valence-electron chi connectivity index (χ1n) is 9.25. The third kappa shape index (κ3) is 6.04. The molecule has 0 saturated carbocycles. The lowest BCUT2D eigenvalue weighted by Crippen LogP contribution is -2.51. The second-order valence-electron chi connectivity index (χ2n) is 6.86. The van der Waals surface area contributed by atoms with Crippen LogP contribution in [0.4, 0.5) is 4.39 Å². The molecular weight excluding hydrogens is 381 g/mol. The predicted octanol–water partition coefficient (Wildman–Crippen LogP) is 2.48. The Labute approximate surface area is 169 Å². The van der Waals surface area contributed by atoms with Crippen LogP contribution >= 0.6 is 11.6 Å².